The Morgan fingerprint density at radius 1 is 1.35 bits per heavy atom. The van der Waals surface area contributed by atoms with Crippen LogP contribution in [-0.2, 0) is 14.3 Å². The molecular weight excluding hydrogens is 262 g/mol. The van der Waals surface area contributed by atoms with Crippen molar-refractivity contribution in [1.82, 2.24) is 15.5 Å². The van der Waals surface area contributed by atoms with E-state index in [0.29, 0.717) is 6.54 Å². The number of nitrogens with zero attached hydrogens (tertiary/aromatic N) is 1. The number of esters is 1. The molecule has 0 unspecified atom stereocenters. The molecule has 0 saturated carbocycles. The molecule has 1 fully saturated rings. The number of hydrogen-bond acceptors (Lipinski definition) is 5. The summed E-state index contributed by atoms with van der Waals surface area (Å²) < 4.78 is 4.72. The van der Waals surface area contributed by atoms with Crippen LogP contribution in [-0.4, -0.2) is 55.6 Å². The minimum absolute atomic E-state index is 0.0264. The standard InChI is InChI=1S/C13H23N3O4/c1-9(2)14-13(19)15-11(17)8-16-6-4-5-10(7-16)12(18)20-3/h9-10H,4-8H2,1-3H3,(H2,14,15,17,19)/t10-/m0/s1. The lowest BCUT2D eigenvalue weighted by molar-refractivity contribution is -0.147. The highest BCUT2D eigenvalue weighted by Gasteiger charge is 2.27. The van der Waals surface area contributed by atoms with Crippen molar-refractivity contribution in [1.29, 1.82) is 0 Å². The van der Waals surface area contributed by atoms with Gasteiger partial charge in [-0.1, -0.05) is 0 Å². The van der Waals surface area contributed by atoms with Crippen molar-refractivity contribution < 1.29 is 19.1 Å². The second kappa shape index (κ2) is 7.84. The van der Waals surface area contributed by atoms with Crippen LogP contribution in [0.4, 0.5) is 4.79 Å². The number of imide groups is 1. The number of methoxy groups -OCH3 is 1. The molecule has 0 radical (unpaired) electrons. The zero-order valence-electron chi connectivity index (χ0n) is 12.3. The van der Waals surface area contributed by atoms with Gasteiger partial charge in [-0.3, -0.25) is 19.8 Å². The quantitative estimate of drug-likeness (QED) is 0.716. The summed E-state index contributed by atoms with van der Waals surface area (Å²) in [5.74, 6) is -0.799. The van der Waals surface area contributed by atoms with E-state index in [1.807, 2.05) is 18.7 Å². The van der Waals surface area contributed by atoms with E-state index >= 15 is 0 Å². The number of carbonyl (C=O) groups is 3. The van der Waals surface area contributed by atoms with Gasteiger partial charge in [-0.25, -0.2) is 4.79 Å². The topological polar surface area (TPSA) is 87.7 Å². The van der Waals surface area contributed by atoms with Gasteiger partial charge in [-0.2, -0.15) is 0 Å². The van der Waals surface area contributed by atoms with Crippen molar-refractivity contribution in [3.63, 3.8) is 0 Å². The van der Waals surface area contributed by atoms with E-state index in [9.17, 15) is 14.4 Å². The first-order valence-electron chi connectivity index (χ1n) is 6.83. The summed E-state index contributed by atoms with van der Waals surface area (Å²) in [6.45, 7) is 4.98. The first-order chi connectivity index (χ1) is 9.42. The molecule has 1 aliphatic heterocycles. The molecule has 0 bridgehead atoms. The van der Waals surface area contributed by atoms with Crippen LogP contribution < -0.4 is 10.6 Å². The maximum Gasteiger partial charge on any atom is 0.321 e. The van der Waals surface area contributed by atoms with E-state index < -0.39 is 6.03 Å². The SMILES string of the molecule is COC(=O)[C@H]1CCCN(CC(=O)NC(=O)NC(C)C)C1. The third-order valence-corrected chi connectivity index (χ3v) is 3.08. The van der Waals surface area contributed by atoms with Crippen LogP contribution in [0.1, 0.15) is 26.7 Å². The van der Waals surface area contributed by atoms with E-state index in [1.165, 1.54) is 7.11 Å². The fourth-order valence-electron chi connectivity index (χ4n) is 2.23. The van der Waals surface area contributed by atoms with Crippen molar-refractivity contribution >= 4 is 17.9 Å². The molecule has 114 valence electrons. The minimum Gasteiger partial charge on any atom is -0.469 e. The van der Waals surface area contributed by atoms with E-state index in [0.717, 1.165) is 19.4 Å². The molecule has 0 aliphatic carbocycles. The second-order valence-corrected chi connectivity index (χ2v) is 5.27. The Morgan fingerprint density at radius 3 is 2.65 bits per heavy atom. The third kappa shape index (κ3) is 5.56. The number of nitrogens with one attached hydrogen (secondary N) is 2. The summed E-state index contributed by atoms with van der Waals surface area (Å²) in [6, 6.07) is -0.520. The Kier molecular flexibility index (Phi) is 6.44. The normalized spacial score (nSPS) is 19.5. The summed E-state index contributed by atoms with van der Waals surface area (Å²) in [7, 11) is 1.37. The predicted octanol–water partition coefficient (Wildman–Crippen LogP) is 0.106. The Balaban J connectivity index is 2.38. The molecule has 1 saturated heterocycles. The van der Waals surface area contributed by atoms with Gasteiger partial charge >= 0.3 is 12.0 Å². The molecule has 1 atom stereocenters. The predicted molar refractivity (Wildman–Crippen MR) is 73.0 cm³/mol. The molecule has 0 aromatic rings. The van der Waals surface area contributed by atoms with E-state index in [-0.39, 0.29) is 30.4 Å². The molecule has 7 heteroatoms. The fourth-order valence-corrected chi connectivity index (χ4v) is 2.23. The third-order valence-electron chi connectivity index (χ3n) is 3.08. The number of piperidine rings is 1. The van der Waals surface area contributed by atoms with Crippen LogP contribution in [0.5, 0.6) is 0 Å². The molecular formula is C13H23N3O4. The lowest BCUT2D eigenvalue weighted by Gasteiger charge is -2.30. The second-order valence-electron chi connectivity index (χ2n) is 5.27. The highest BCUT2D eigenvalue weighted by molar-refractivity contribution is 5.95. The van der Waals surface area contributed by atoms with Crippen molar-refractivity contribution in [3.05, 3.63) is 0 Å². The largest absolute Gasteiger partial charge is 0.469 e. The Bertz CT molecular complexity index is 371. The average Bonchev–Trinajstić information content (AvgIpc) is 2.36. The van der Waals surface area contributed by atoms with E-state index in [4.69, 9.17) is 4.74 Å². The van der Waals surface area contributed by atoms with Gasteiger partial charge in [0.15, 0.2) is 0 Å². The smallest absolute Gasteiger partial charge is 0.321 e. The van der Waals surface area contributed by atoms with Crippen LogP contribution in [0.2, 0.25) is 0 Å². The molecule has 7 nitrogen and oxygen atoms in total. The number of carbonyl (C=O) groups excluding carboxylic acids is 3. The maximum atomic E-state index is 11.7. The molecule has 1 aliphatic rings. The van der Waals surface area contributed by atoms with Crippen molar-refractivity contribution in [3.8, 4) is 0 Å². The van der Waals surface area contributed by atoms with E-state index in [1.54, 1.807) is 0 Å². The summed E-state index contributed by atoms with van der Waals surface area (Å²) >= 11 is 0. The van der Waals surface area contributed by atoms with Crippen LogP contribution in [0.25, 0.3) is 0 Å². The van der Waals surface area contributed by atoms with Crippen molar-refractivity contribution in [2.75, 3.05) is 26.7 Å². The molecule has 0 aromatic heterocycles. The van der Waals surface area contributed by atoms with Crippen molar-refractivity contribution in [2.45, 2.75) is 32.7 Å². The molecule has 1 heterocycles. The monoisotopic (exact) mass is 285 g/mol. The lowest BCUT2D eigenvalue weighted by atomic mass is 9.98. The summed E-state index contributed by atoms with van der Waals surface area (Å²) in [5, 5.41) is 4.85. The van der Waals surface area contributed by atoms with Gasteiger partial charge in [-0.15, -0.1) is 0 Å². The number of hydrogen-bond donors (Lipinski definition) is 2. The number of amides is 3. The molecule has 3 amide bonds. The molecule has 0 spiro atoms. The van der Waals surface area contributed by atoms with Gasteiger partial charge in [0, 0.05) is 12.6 Å². The van der Waals surface area contributed by atoms with Crippen molar-refractivity contribution in [2.24, 2.45) is 5.92 Å². The van der Waals surface area contributed by atoms with Gasteiger partial charge in [-0.05, 0) is 33.2 Å². The molecule has 0 aromatic carbocycles. The Labute approximate surface area is 119 Å². The highest BCUT2D eigenvalue weighted by atomic mass is 16.5. The number of ether oxygens (including phenoxy) is 1. The molecule has 20 heavy (non-hydrogen) atoms. The number of urea groups is 1. The van der Waals surface area contributed by atoms with Crippen LogP contribution in [0, 0.1) is 5.92 Å². The number of likely N-dealkylation sites (tertiary alicyclic amines) is 1. The summed E-state index contributed by atoms with van der Waals surface area (Å²) in [6.07, 6.45) is 1.61. The fraction of sp³-hybridized carbons (Fsp3) is 0.769. The first kappa shape index (κ1) is 16.4. The van der Waals surface area contributed by atoms with Gasteiger partial charge in [0.2, 0.25) is 5.91 Å². The van der Waals surface area contributed by atoms with Crippen LogP contribution >= 0.6 is 0 Å². The number of rotatable bonds is 4. The minimum atomic E-state index is -0.494. The summed E-state index contributed by atoms with van der Waals surface area (Å²) in [4.78, 5) is 36.5. The van der Waals surface area contributed by atoms with Crippen LogP contribution in [0.3, 0.4) is 0 Å². The average molecular weight is 285 g/mol. The Hall–Kier alpha value is -1.63. The van der Waals surface area contributed by atoms with Gasteiger partial charge in [0.05, 0.1) is 19.6 Å². The van der Waals surface area contributed by atoms with Gasteiger partial charge < -0.3 is 10.1 Å². The molecule has 2 N–H and O–H groups in total. The maximum absolute atomic E-state index is 11.7. The highest BCUT2D eigenvalue weighted by Crippen LogP contribution is 2.17. The van der Waals surface area contributed by atoms with Crippen LogP contribution in [0.15, 0.2) is 0 Å². The lowest BCUT2D eigenvalue weighted by Crippen LogP contribution is -2.48. The molecule has 1 rings (SSSR count). The first-order valence-corrected chi connectivity index (χ1v) is 6.83. The Morgan fingerprint density at radius 2 is 2.05 bits per heavy atom. The van der Waals surface area contributed by atoms with Gasteiger partial charge in [0.1, 0.15) is 0 Å². The van der Waals surface area contributed by atoms with E-state index in [2.05, 4.69) is 10.6 Å². The summed E-state index contributed by atoms with van der Waals surface area (Å²) in [5.41, 5.74) is 0. The zero-order chi connectivity index (χ0) is 15.1. The van der Waals surface area contributed by atoms with Gasteiger partial charge in [0.25, 0.3) is 0 Å². The zero-order valence-corrected chi connectivity index (χ0v) is 12.3.